The zero-order valence-electron chi connectivity index (χ0n) is 24.8. The number of allylic oxidation sites excluding steroid dienone is 1. The fourth-order valence-corrected chi connectivity index (χ4v) is 6.33. The molecular weight excluding hydrogens is 686 g/mol. The molecule has 5 unspecified atom stereocenters. The lowest BCUT2D eigenvalue weighted by Gasteiger charge is -2.23. The maximum atomic E-state index is 13.2. The summed E-state index contributed by atoms with van der Waals surface area (Å²) in [5, 5.41) is 11.2. The molecule has 3 aromatic heterocycles. The van der Waals surface area contributed by atoms with E-state index in [1.54, 1.807) is 0 Å². The average Bonchev–Trinajstić information content (AvgIpc) is 3.70. The van der Waals surface area contributed by atoms with Gasteiger partial charge in [-0.15, -0.1) is 6.58 Å². The molecule has 5 heterocycles. The van der Waals surface area contributed by atoms with Crippen molar-refractivity contribution in [3.63, 3.8) is 0 Å². The summed E-state index contributed by atoms with van der Waals surface area (Å²) in [7, 11) is -10.1. The second-order valence-corrected chi connectivity index (χ2v) is 13.2. The Bertz CT molecular complexity index is 1800. The summed E-state index contributed by atoms with van der Waals surface area (Å²) in [4.78, 5) is 69.6. The van der Waals surface area contributed by atoms with Crippen molar-refractivity contribution in [2.24, 2.45) is 0 Å². The number of phosphoric acid groups is 2. The molecule has 8 N–H and O–H groups in total. The van der Waals surface area contributed by atoms with Gasteiger partial charge in [0.05, 0.1) is 19.5 Å². The first-order valence-electron chi connectivity index (χ1n) is 14.1. The van der Waals surface area contributed by atoms with Gasteiger partial charge < -0.3 is 45.5 Å². The van der Waals surface area contributed by atoms with E-state index in [4.69, 9.17) is 44.5 Å². The predicted molar refractivity (Wildman–Crippen MR) is 159 cm³/mol. The molecule has 8 atom stereocenters. The smallest absolute Gasteiger partial charge is 0.457 e. The summed E-state index contributed by atoms with van der Waals surface area (Å²) in [6, 6.07) is 1.29. The maximum Gasteiger partial charge on any atom is 0.472 e. The SMILES string of the molecule is C=CCCC(=O)OC1C(COP(=O)(O)O[C@H]2C[C@H](n3ccc(N)nc3=O)O[C@@H]2COP(=O)(O)O)OC(n2cnc3c(N)ncnc32)C1O. The summed E-state index contributed by atoms with van der Waals surface area (Å²) >= 11 is 0. The first-order valence-corrected chi connectivity index (χ1v) is 17.1. The highest BCUT2D eigenvalue weighted by Gasteiger charge is 2.49. The van der Waals surface area contributed by atoms with Gasteiger partial charge in [-0.25, -0.2) is 28.9 Å². The van der Waals surface area contributed by atoms with Crippen molar-refractivity contribution < 1.29 is 61.5 Å². The van der Waals surface area contributed by atoms with Gasteiger partial charge in [-0.3, -0.25) is 27.5 Å². The predicted octanol–water partition coefficient (Wildman–Crippen LogP) is -0.717. The first kappa shape index (κ1) is 35.6. The van der Waals surface area contributed by atoms with E-state index in [2.05, 4.69) is 31.0 Å². The van der Waals surface area contributed by atoms with Crippen LogP contribution in [0.1, 0.15) is 31.7 Å². The standard InChI is InChI=1S/C24H32N8O14P2/c1-2-3-4-17(33)45-20-14(44-23(19(20)34)32-11-29-18-21(26)27-10-28-22(18)32)9-42-48(39,40)46-12-7-16(31-6-5-15(25)30-24(31)35)43-13(12)8-41-47(36,37)38/h2,5-6,10-14,16,19-20,23,34H,1,3-4,7-9H2,(H,39,40)(H2,25,30,35)(H2,26,27,28)(H2,36,37,38)/t12-,13+,14?,16+,19?,20?,23?/m0/s1. The van der Waals surface area contributed by atoms with E-state index < -0.39 is 83.5 Å². The molecule has 5 rings (SSSR count). The largest absolute Gasteiger partial charge is 0.472 e. The number of rotatable bonds is 14. The van der Waals surface area contributed by atoms with E-state index in [1.807, 2.05) is 0 Å². The van der Waals surface area contributed by atoms with E-state index in [0.717, 1.165) is 4.57 Å². The number of ether oxygens (including phenoxy) is 3. The summed E-state index contributed by atoms with van der Waals surface area (Å²) in [6.45, 7) is 1.97. The van der Waals surface area contributed by atoms with Gasteiger partial charge in [-0.2, -0.15) is 4.98 Å². The van der Waals surface area contributed by atoms with Crippen LogP contribution in [0.15, 0.2) is 42.4 Å². The monoisotopic (exact) mass is 718 g/mol. The third kappa shape index (κ3) is 8.31. The number of nitrogens with two attached hydrogens (primary N) is 2. The lowest BCUT2D eigenvalue weighted by molar-refractivity contribution is -0.156. The van der Waals surface area contributed by atoms with Crippen LogP contribution in [0.2, 0.25) is 0 Å². The second kappa shape index (κ2) is 14.4. The first-order chi connectivity index (χ1) is 22.7. The highest BCUT2D eigenvalue weighted by molar-refractivity contribution is 7.47. The van der Waals surface area contributed by atoms with Crippen molar-refractivity contribution in [3.8, 4) is 0 Å². The molecule has 0 amide bonds. The van der Waals surface area contributed by atoms with Crippen LogP contribution >= 0.6 is 15.6 Å². The minimum atomic E-state index is -5.08. The van der Waals surface area contributed by atoms with Gasteiger partial charge in [0.25, 0.3) is 0 Å². The maximum absolute atomic E-state index is 13.2. The van der Waals surface area contributed by atoms with Crippen molar-refractivity contribution >= 4 is 44.4 Å². The Hall–Kier alpha value is -3.66. The molecule has 0 aliphatic carbocycles. The minimum absolute atomic E-state index is 0.0528. The summed E-state index contributed by atoms with van der Waals surface area (Å²) < 4.78 is 58.9. The van der Waals surface area contributed by atoms with E-state index in [-0.39, 0.29) is 42.1 Å². The number of esters is 1. The zero-order chi connectivity index (χ0) is 34.8. The molecule has 2 fully saturated rings. The number of fused-ring (bicyclic) bond motifs is 1. The van der Waals surface area contributed by atoms with Gasteiger partial charge in [0.1, 0.15) is 48.3 Å². The highest BCUT2D eigenvalue weighted by Crippen LogP contribution is 2.50. The van der Waals surface area contributed by atoms with Crippen LogP contribution in [0.4, 0.5) is 11.6 Å². The Morgan fingerprint density at radius 2 is 1.85 bits per heavy atom. The molecule has 2 saturated heterocycles. The van der Waals surface area contributed by atoms with Crippen molar-refractivity contribution in [1.29, 1.82) is 0 Å². The Labute approximate surface area is 270 Å². The van der Waals surface area contributed by atoms with Gasteiger partial charge >= 0.3 is 27.3 Å². The van der Waals surface area contributed by atoms with Crippen LogP contribution in [-0.4, -0.2) is 98.6 Å². The van der Waals surface area contributed by atoms with Gasteiger partial charge in [-0.1, -0.05) is 6.08 Å². The van der Waals surface area contributed by atoms with Gasteiger partial charge in [-0.05, 0) is 12.5 Å². The number of aromatic nitrogens is 6. The van der Waals surface area contributed by atoms with Gasteiger partial charge in [0.15, 0.2) is 23.8 Å². The van der Waals surface area contributed by atoms with Crippen LogP contribution in [0.25, 0.3) is 11.2 Å². The number of carbonyl (C=O) groups excluding carboxylic acids is 1. The average molecular weight is 719 g/mol. The quantitative estimate of drug-likeness (QED) is 0.0680. The molecule has 262 valence electrons. The lowest BCUT2D eigenvalue weighted by atomic mass is 10.1. The highest BCUT2D eigenvalue weighted by atomic mass is 31.2. The third-order valence-corrected chi connectivity index (χ3v) is 8.71. The number of hydrogen-bond acceptors (Lipinski definition) is 17. The van der Waals surface area contributed by atoms with Crippen LogP contribution < -0.4 is 17.2 Å². The summed E-state index contributed by atoms with van der Waals surface area (Å²) in [5.74, 6) is -0.758. The Kier molecular flexibility index (Phi) is 10.7. The zero-order valence-corrected chi connectivity index (χ0v) is 26.6. The minimum Gasteiger partial charge on any atom is -0.457 e. The van der Waals surface area contributed by atoms with Crippen LogP contribution in [-0.2, 0) is 41.7 Å². The molecule has 22 nitrogen and oxygen atoms in total. The van der Waals surface area contributed by atoms with Crippen molar-refractivity contribution in [1.82, 2.24) is 29.1 Å². The molecule has 0 aromatic carbocycles. The Morgan fingerprint density at radius 1 is 1.10 bits per heavy atom. The second-order valence-electron chi connectivity index (χ2n) is 10.5. The van der Waals surface area contributed by atoms with Crippen molar-refractivity contribution in [2.75, 3.05) is 24.7 Å². The number of aliphatic hydroxyl groups excluding tert-OH is 1. The molecule has 0 spiro atoms. The fourth-order valence-electron chi connectivity index (χ4n) is 5.03. The van der Waals surface area contributed by atoms with Gasteiger partial charge in [0, 0.05) is 19.0 Å². The van der Waals surface area contributed by atoms with E-state index >= 15 is 0 Å². The molecule has 48 heavy (non-hydrogen) atoms. The van der Waals surface area contributed by atoms with E-state index in [9.17, 15) is 28.7 Å². The van der Waals surface area contributed by atoms with E-state index in [1.165, 1.54) is 35.6 Å². The van der Waals surface area contributed by atoms with E-state index in [0.29, 0.717) is 0 Å². The molecule has 3 aromatic rings. The molecule has 0 bridgehead atoms. The van der Waals surface area contributed by atoms with Crippen molar-refractivity contribution in [3.05, 3.63) is 48.1 Å². The topological polar surface area (TPSA) is 318 Å². The van der Waals surface area contributed by atoms with Gasteiger partial charge in [0.2, 0.25) is 0 Å². The summed E-state index contributed by atoms with van der Waals surface area (Å²) in [6.07, 6.45) is -4.51. The Morgan fingerprint density at radius 3 is 2.56 bits per heavy atom. The lowest BCUT2D eigenvalue weighted by Crippen LogP contribution is -2.38. The summed E-state index contributed by atoms with van der Waals surface area (Å²) in [5.41, 5.74) is 10.9. The molecule has 0 radical (unpaired) electrons. The fraction of sp³-hybridized carbons (Fsp3) is 0.500. The number of nitrogen functional groups attached to an aromatic ring is 2. The number of phosphoric ester groups is 2. The number of imidazole rings is 1. The number of hydrogen-bond donors (Lipinski definition) is 6. The molecule has 2 aliphatic heterocycles. The van der Waals surface area contributed by atoms with Crippen LogP contribution in [0.5, 0.6) is 0 Å². The Balaban J connectivity index is 1.33. The molecular formula is C24H32N8O14P2. The van der Waals surface area contributed by atoms with Crippen LogP contribution in [0, 0.1) is 0 Å². The van der Waals surface area contributed by atoms with Crippen LogP contribution in [0.3, 0.4) is 0 Å². The third-order valence-electron chi connectivity index (χ3n) is 7.21. The molecule has 0 saturated carbocycles. The van der Waals surface area contributed by atoms with Crippen molar-refractivity contribution in [2.45, 2.75) is 62.2 Å². The normalized spacial score (nSPS) is 27.2. The number of carbonyl (C=O) groups is 1. The number of anilines is 2. The molecule has 2 aliphatic rings. The number of nitrogens with zero attached hydrogens (tertiary/aromatic N) is 6. The number of aliphatic hydroxyl groups is 1. The molecule has 24 heteroatoms.